The van der Waals surface area contributed by atoms with Crippen molar-refractivity contribution in [2.45, 2.75) is 40.8 Å². The molecule has 0 saturated carbocycles. The number of benzene rings is 2. The van der Waals surface area contributed by atoms with E-state index >= 15 is 0 Å². The Morgan fingerprint density at radius 2 is 1.65 bits per heavy atom. The lowest BCUT2D eigenvalue weighted by atomic mass is 10.1. The smallest absolute Gasteiger partial charge is 0.102 e. The summed E-state index contributed by atoms with van der Waals surface area (Å²) in [5.41, 5.74) is 8.97. The van der Waals surface area contributed by atoms with E-state index in [1.54, 1.807) is 5.57 Å². The molecule has 2 nitrogen and oxygen atoms in total. The zero-order valence-electron chi connectivity index (χ0n) is 17.4. The molecule has 0 radical (unpaired) electrons. The number of anilines is 2. The third kappa shape index (κ3) is 2.95. The molecule has 0 aromatic heterocycles. The van der Waals surface area contributed by atoms with Gasteiger partial charge >= 0.3 is 0 Å². The molecule has 1 fully saturated rings. The lowest BCUT2D eigenvalue weighted by molar-refractivity contribution is 0.947. The van der Waals surface area contributed by atoms with E-state index in [1.807, 2.05) is 23.5 Å². The molecular formula is C27H24N2S2. The number of hydrogen-bond acceptors (Lipinski definition) is 4. The second-order valence-corrected chi connectivity index (χ2v) is 11.0. The normalized spacial score (nSPS) is 26.1. The Morgan fingerprint density at radius 1 is 0.806 bits per heavy atom. The number of para-hydroxylation sites is 2. The van der Waals surface area contributed by atoms with Gasteiger partial charge in [0.15, 0.2) is 0 Å². The largest absolute Gasteiger partial charge is 0.354 e. The summed E-state index contributed by atoms with van der Waals surface area (Å²) in [5, 5.41) is 1.97. The van der Waals surface area contributed by atoms with Crippen LogP contribution in [0.4, 0.5) is 11.4 Å². The van der Waals surface area contributed by atoms with Gasteiger partial charge in [-0.05, 0) is 72.2 Å². The van der Waals surface area contributed by atoms with Crippen LogP contribution in [0.2, 0.25) is 0 Å². The Labute approximate surface area is 192 Å². The van der Waals surface area contributed by atoms with Crippen LogP contribution in [-0.2, 0) is 0 Å². The molecule has 0 spiro atoms. The Morgan fingerprint density at radius 3 is 2.58 bits per heavy atom. The molecule has 5 aliphatic rings. The van der Waals surface area contributed by atoms with E-state index in [4.69, 9.17) is 0 Å². The number of nitrogens with zero attached hydrogens (tertiary/aromatic N) is 2. The van der Waals surface area contributed by atoms with Crippen molar-refractivity contribution < 1.29 is 0 Å². The summed E-state index contributed by atoms with van der Waals surface area (Å²) in [5.74, 6) is 0. The predicted octanol–water partition coefficient (Wildman–Crippen LogP) is 7.13. The van der Waals surface area contributed by atoms with Crippen molar-refractivity contribution in [3.63, 3.8) is 0 Å². The molecule has 2 aromatic rings. The van der Waals surface area contributed by atoms with E-state index in [0.717, 1.165) is 19.5 Å². The maximum absolute atomic E-state index is 2.59. The van der Waals surface area contributed by atoms with Crippen molar-refractivity contribution in [1.82, 2.24) is 0 Å². The fraction of sp³-hybridized carbons (Fsp3) is 0.259. The van der Waals surface area contributed by atoms with Gasteiger partial charge in [0.2, 0.25) is 0 Å². The quantitative estimate of drug-likeness (QED) is 0.490. The summed E-state index contributed by atoms with van der Waals surface area (Å²) in [6.45, 7) is 2.27. The van der Waals surface area contributed by atoms with Crippen LogP contribution >= 0.6 is 23.5 Å². The van der Waals surface area contributed by atoms with Gasteiger partial charge in [0.25, 0.3) is 0 Å². The van der Waals surface area contributed by atoms with Crippen molar-refractivity contribution in [1.29, 1.82) is 0 Å². The molecule has 7 rings (SSSR count). The number of thioether (sulfide) groups is 2. The Bertz CT molecular complexity index is 1220. The molecule has 154 valence electrons. The number of rotatable bonds is 2. The third-order valence-electron chi connectivity index (χ3n) is 6.95. The first-order chi connectivity index (χ1) is 15.3. The number of allylic oxidation sites excluding steroid dienone is 5. The van der Waals surface area contributed by atoms with E-state index in [1.165, 1.54) is 62.2 Å². The molecule has 31 heavy (non-hydrogen) atoms. The van der Waals surface area contributed by atoms with Gasteiger partial charge in [-0.25, -0.2) is 0 Å². The van der Waals surface area contributed by atoms with E-state index < -0.39 is 0 Å². The third-order valence-corrected chi connectivity index (χ3v) is 9.57. The summed E-state index contributed by atoms with van der Waals surface area (Å²) in [6, 6.07) is 17.7. The van der Waals surface area contributed by atoms with Crippen LogP contribution in [0.15, 0.2) is 104 Å². The summed E-state index contributed by atoms with van der Waals surface area (Å²) >= 11 is 3.98. The first-order valence-corrected chi connectivity index (χ1v) is 12.9. The van der Waals surface area contributed by atoms with Crippen molar-refractivity contribution in [3.05, 3.63) is 94.1 Å². The molecule has 4 aliphatic heterocycles. The number of hydrogen-bond donors (Lipinski definition) is 0. The fourth-order valence-electron chi connectivity index (χ4n) is 5.46. The van der Waals surface area contributed by atoms with E-state index in [2.05, 4.69) is 76.6 Å². The Kier molecular flexibility index (Phi) is 4.19. The minimum atomic E-state index is 0.507. The Hall–Kier alpha value is -2.30. The molecule has 2 aromatic carbocycles. The standard InChI is InChI=1S/C27H24N2S2/c1-3-7-24-22(5-1)28-13-11-20(26(28)30-24)16-18-9-10-19(15-18)17-21-12-14-29-23-6-2-4-8-25(23)31-27(21)29/h1-8,15-17,26H,9-14H2. The van der Waals surface area contributed by atoms with Gasteiger partial charge in [-0.15, -0.1) is 0 Å². The van der Waals surface area contributed by atoms with Gasteiger partial charge in [0.05, 0.1) is 16.4 Å². The second-order valence-electron chi connectivity index (χ2n) is 8.84. The lowest BCUT2D eigenvalue weighted by Gasteiger charge is -2.17. The number of fused-ring (bicyclic) bond motifs is 6. The zero-order chi connectivity index (χ0) is 20.4. The van der Waals surface area contributed by atoms with Crippen LogP contribution < -0.4 is 9.80 Å². The van der Waals surface area contributed by atoms with Crippen molar-refractivity contribution in [3.8, 4) is 0 Å². The van der Waals surface area contributed by atoms with E-state index in [0.29, 0.717) is 5.37 Å². The van der Waals surface area contributed by atoms with Crippen LogP contribution in [0.5, 0.6) is 0 Å². The fourth-order valence-corrected chi connectivity index (χ4v) is 8.08. The first-order valence-electron chi connectivity index (χ1n) is 11.2. The zero-order valence-corrected chi connectivity index (χ0v) is 19.0. The lowest BCUT2D eigenvalue weighted by Crippen LogP contribution is -2.22. The van der Waals surface area contributed by atoms with Crippen molar-refractivity contribution in [2.75, 3.05) is 22.9 Å². The molecule has 1 unspecified atom stereocenters. The molecule has 1 atom stereocenters. The van der Waals surface area contributed by atoms with Gasteiger partial charge < -0.3 is 9.80 Å². The van der Waals surface area contributed by atoms with Gasteiger partial charge in [-0.2, -0.15) is 0 Å². The minimum Gasteiger partial charge on any atom is -0.354 e. The van der Waals surface area contributed by atoms with Gasteiger partial charge in [-0.3, -0.25) is 0 Å². The van der Waals surface area contributed by atoms with Crippen LogP contribution in [-0.4, -0.2) is 18.5 Å². The van der Waals surface area contributed by atoms with Crippen LogP contribution in [0.25, 0.3) is 0 Å². The predicted molar refractivity (Wildman–Crippen MR) is 133 cm³/mol. The molecule has 0 amide bonds. The van der Waals surface area contributed by atoms with Crippen LogP contribution in [0.3, 0.4) is 0 Å². The molecule has 4 heterocycles. The summed E-state index contributed by atoms with van der Waals surface area (Å²) in [4.78, 5) is 7.94. The van der Waals surface area contributed by atoms with Gasteiger partial charge in [-0.1, -0.05) is 66.0 Å². The molecule has 0 N–H and O–H groups in total. The molecule has 1 aliphatic carbocycles. The highest BCUT2D eigenvalue weighted by atomic mass is 32.2. The molecule has 1 saturated heterocycles. The molecular weight excluding hydrogens is 416 g/mol. The van der Waals surface area contributed by atoms with Crippen LogP contribution in [0.1, 0.15) is 25.7 Å². The summed E-state index contributed by atoms with van der Waals surface area (Å²) in [6.07, 6.45) is 12.2. The molecule has 4 heteroatoms. The topological polar surface area (TPSA) is 6.48 Å². The maximum Gasteiger partial charge on any atom is 0.102 e. The maximum atomic E-state index is 2.59. The minimum absolute atomic E-state index is 0.507. The Balaban J connectivity index is 1.13. The van der Waals surface area contributed by atoms with E-state index in [-0.39, 0.29) is 0 Å². The highest BCUT2D eigenvalue weighted by molar-refractivity contribution is 8.03. The van der Waals surface area contributed by atoms with E-state index in [9.17, 15) is 0 Å². The second kappa shape index (κ2) is 7.11. The first kappa shape index (κ1) is 18.3. The average Bonchev–Trinajstić information content (AvgIpc) is 3.58. The highest BCUT2D eigenvalue weighted by Gasteiger charge is 2.37. The summed E-state index contributed by atoms with van der Waals surface area (Å²) < 4.78 is 0. The van der Waals surface area contributed by atoms with Gasteiger partial charge in [0, 0.05) is 22.9 Å². The van der Waals surface area contributed by atoms with Crippen molar-refractivity contribution in [2.24, 2.45) is 0 Å². The summed E-state index contributed by atoms with van der Waals surface area (Å²) in [7, 11) is 0. The van der Waals surface area contributed by atoms with Crippen molar-refractivity contribution >= 4 is 34.9 Å². The van der Waals surface area contributed by atoms with Gasteiger partial charge in [0.1, 0.15) is 5.37 Å². The highest BCUT2D eigenvalue weighted by Crippen LogP contribution is 2.52. The molecule has 0 bridgehead atoms. The SMILES string of the molecule is C1=C(C=C2CCN3c4ccccc4SC23)CCC1=CC1=C2Sc3ccccc3N2CC1. The monoisotopic (exact) mass is 440 g/mol. The average molecular weight is 441 g/mol. The van der Waals surface area contributed by atoms with Crippen LogP contribution in [0, 0.1) is 0 Å².